The summed E-state index contributed by atoms with van der Waals surface area (Å²) in [7, 11) is 1.41. The van der Waals surface area contributed by atoms with Crippen LogP contribution in [0.2, 0.25) is 0 Å². The molecule has 1 aliphatic rings. The molecule has 2 aromatic carbocycles. The van der Waals surface area contributed by atoms with Gasteiger partial charge in [-0.2, -0.15) is 0 Å². The number of methoxy groups -OCH3 is 1. The van der Waals surface area contributed by atoms with Crippen LogP contribution in [-0.2, 0) is 0 Å². The van der Waals surface area contributed by atoms with E-state index in [2.05, 4.69) is 4.90 Å². The van der Waals surface area contributed by atoms with Crippen LogP contribution in [0.3, 0.4) is 0 Å². The Bertz CT molecular complexity index is 793. The SMILES string of the molecule is COc1ccc(/C=C/C(=O)c2ccc(N3CCC(O)CC3)cc2)cc1F. The summed E-state index contributed by atoms with van der Waals surface area (Å²) in [5.41, 5.74) is 2.23. The number of carbonyl (C=O) groups excluding carboxylic acids is 1. The van der Waals surface area contributed by atoms with E-state index in [0.29, 0.717) is 11.1 Å². The van der Waals surface area contributed by atoms with E-state index in [-0.39, 0.29) is 17.6 Å². The third kappa shape index (κ3) is 4.29. The highest BCUT2D eigenvalue weighted by Gasteiger charge is 2.17. The van der Waals surface area contributed by atoms with Crippen molar-refractivity contribution in [3.05, 3.63) is 65.5 Å². The number of ether oxygens (including phenoxy) is 1. The fourth-order valence-electron chi connectivity index (χ4n) is 3.02. The van der Waals surface area contributed by atoms with Crippen LogP contribution >= 0.6 is 0 Å². The summed E-state index contributed by atoms with van der Waals surface area (Å²) < 4.78 is 18.6. The number of aliphatic hydroxyl groups excluding tert-OH is 1. The lowest BCUT2D eigenvalue weighted by molar-refractivity contribution is 0.104. The molecule has 0 aliphatic carbocycles. The first-order valence-electron chi connectivity index (χ1n) is 8.66. The van der Waals surface area contributed by atoms with Gasteiger partial charge in [0.15, 0.2) is 17.3 Å². The van der Waals surface area contributed by atoms with E-state index in [1.807, 2.05) is 12.1 Å². The molecule has 5 heteroatoms. The van der Waals surface area contributed by atoms with Crippen LogP contribution in [-0.4, -0.2) is 37.2 Å². The molecule has 0 spiro atoms. The number of anilines is 1. The van der Waals surface area contributed by atoms with E-state index in [9.17, 15) is 14.3 Å². The second kappa shape index (κ2) is 8.15. The first-order valence-corrected chi connectivity index (χ1v) is 8.66. The molecule has 1 N–H and O–H groups in total. The Kier molecular flexibility index (Phi) is 5.68. The molecular weight excluding hydrogens is 333 g/mol. The zero-order valence-corrected chi connectivity index (χ0v) is 14.7. The summed E-state index contributed by atoms with van der Waals surface area (Å²) in [5, 5.41) is 9.58. The molecule has 136 valence electrons. The Balaban J connectivity index is 1.65. The number of piperidine rings is 1. The van der Waals surface area contributed by atoms with Crippen molar-refractivity contribution in [3.8, 4) is 5.75 Å². The number of allylic oxidation sites excluding steroid dienone is 1. The van der Waals surface area contributed by atoms with Crippen LogP contribution in [0.1, 0.15) is 28.8 Å². The Morgan fingerprint density at radius 1 is 1.19 bits per heavy atom. The minimum absolute atomic E-state index is 0.137. The number of hydrogen-bond donors (Lipinski definition) is 1. The van der Waals surface area contributed by atoms with Gasteiger partial charge in [-0.05, 0) is 60.9 Å². The summed E-state index contributed by atoms with van der Waals surface area (Å²) in [6.45, 7) is 1.63. The third-order valence-electron chi connectivity index (χ3n) is 4.58. The molecule has 0 aromatic heterocycles. The summed E-state index contributed by atoms with van der Waals surface area (Å²) in [6, 6.07) is 12.0. The molecule has 1 aliphatic heterocycles. The van der Waals surface area contributed by atoms with E-state index in [0.717, 1.165) is 31.6 Å². The molecule has 4 nitrogen and oxygen atoms in total. The fourth-order valence-corrected chi connectivity index (χ4v) is 3.02. The van der Waals surface area contributed by atoms with Gasteiger partial charge in [0.05, 0.1) is 13.2 Å². The first-order chi connectivity index (χ1) is 12.6. The van der Waals surface area contributed by atoms with Gasteiger partial charge in [0.2, 0.25) is 0 Å². The Morgan fingerprint density at radius 3 is 2.50 bits per heavy atom. The molecule has 1 fully saturated rings. The van der Waals surface area contributed by atoms with E-state index < -0.39 is 5.82 Å². The van der Waals surface area contributed by atoms with Crippen LogP contribution in [0.5, 0.6) is 5.75 Å². The van der Waals surface area contributed by atoms with Crippen molar-refractivity contribution >= 4 is 17.5 Å². The van der Waals surface area contributed by atoms with Gasteiger partial charge < -0.3 is 14.7 Å². The number of rotatable bonds is 5. The quantitative estimate of drug-likeness (QED) is 0.656. The molecule has 0 bridgehead atoms. The predicted molar refractivity (Wildman–Crippen MR) is 100 cm³/mol. The van der Waals surface area contributed by atoms with Crippen molar-refractivity contribution in [2.45, 2.75) is 18.9 Å². The molecule has 2 aromatic rings. The second-order valence-electron chi connectivity index (χ2n) is 6.36. The third-order valence-corrected chi connectivity index (χ3v) is 4.58. The van der Waals surface area contributed by atoms with Gasteiger partial charge >= 0.3 is 0 Å². The Morgan fingerprint density at radius 2 is 1.88 bits per heavy atom. The normalized spacial score (nSPS) is 15.4. The van der Waals surface area contributed by atoms with Crippen LogP contribution in [0, 0.1) is 5.82 Å². The summed E-state index contributed by atoms with van der Waals surface area (Å²) in [6.07, 6.45) is 4.35. The molecule has 1 heterocycles. The summed E-state index contributed by atoms with van der Waals surface area (Å²) in [4.78, 5) is 14.5. The Hall–Kier alpha value is -2.66. The molecule has 0 atom stereocenters. The Labute approximate surface area is 152 Å². The zero-order valence-electron chi connectivity index (χ0n) is 14.7. The minimum atomic E-state index is -0.460. The van der Waals surface area contributed by atoms with E-state index >= 15 is 0 Å². The average molecular weight is 355 g/mol. The molecular formula is C21H22FNO3. The maximum absolute atomic E-state index is 13.7. The maximum atomic E-state index is 13.7. The minimum Gasteiger partial charge on any atom is -0.494 e. The van der Waals surface area contributed by atoms with Crippen molar-refractivity contribution in [1.29, 1.82) is 0 Å². The van der Waals surface area contributed by atoms with Crippen molar-refractivity contribution in [1.82, 2.24) is 0 Å². The van der Waals surface area contributed by atoms with Crippen molar-refractivity contribution in [3.63, 3.8) is 0 Å². The number of carbonyl (C=O) groups is 1. The highest BCUT2D eigenvalue weighted by Crippen LogP contribution is 2.21. The molecule has 0 amide bonds. The molecule has 3 rings (SSSR count). The number of ketones is 1. The van der Waals surface area contributed by atoms with Gasteiger partial charge in [0.25, 0.3) is 0 Å². The van der Waals surface area contributed by atoms with Gasteiger partial charge in [-0.25, -0.2) is 4.39 Å². The lowest BCUT2D eigenvalue weighted by Crippen LogP contribution is -2.35. The number of nitrogens with zero attached hydrogens (tertiary/aromatic N) is 1. The van der Waals surface area contributed by atoms with Gasteiger partial charge in [0.1, 0.15) is 0 Å². The fraction of sp³-hybridized carbons (Fsp3) is 0.286. The average Bonchev–Trinajstić information content (AvgIpc) is 2.67. The zero-order chi connectivity index (χ0) is 18.5. The lowest BCUT2D eigenvalue weighted by Gasteiger charge is -2.31. The summed E-state index contributed by atoms with van der Waals surface area (Å²) in [5.74, 6) is -0.422. The number of hydrogen-bond acceptors (Lipinski definition) is 4. The van der Waals surface area contributed by atoms with E-state index in [1.54, 1.807) is 24.3 Å². The number of benzene rings is 2. The van der Waals surface area contributed by atoms with Gasteiger partial charge in [-0.15, -0.1) is 0 Å². The van der Waals surface area contributed by atoms with Crippen molar-refractivity contribution in [2.24, 2.45) is 0 Å². The molecule has 0 radical (unpaired) electrons. The van der Waals surface area contributed by atoms with Crippen molar-refractivity contribution < 1.29 is 19.0 Å². The molecule has 0 unspecified atom stereocenters. The second-order valence-corrected chi connectivity index (χ2v) is 6.36. The summed E-state index contributed by atoms with van der Waals surface area (Å²) >= 11 is 0. The van der Waals surface area contributed by atoms with Gasteiger partial charge in [-0.3, -0.25) is 4.79 Å². The van der Waals surface area contributed by atoms with Crippen LogP contribution in [0.25, 0.3) is 6.08 Å². The van der Waals surface area contributed by atoms with Gasteiger partial charge in [-0.1, -0.05) is 12.1 Å². The van der Waals surface area contributed by atoms with E-state index in [4.69, 9.17) is 4.74 Å². The monoisotopic (exact) mass is 355 g/mol. The highest BCUT2D eigenvalue weighted by molar-refractivity contribution is 6.07. The first kappa shape index (κ1) is 18.1. The maximum Gasteiger partial charge on any atom is 0.185 e. The van der Waals surface area contributed by atoms with Crippen LogP contribution in [0.4, 0.5) is 10.1 Å². The topological polar surface area (TPSA) is 49.8 Å². The molecule has 26 heavy (non-hydrogen) atoms. The van der Waals surface area contributed by atoms with Crippen LogP contribution < -0.4 is 9.64 Å². The molecule has 1 saturated heterocycles. The standard InChI is InChI=1S/C21H22FNO3/c1-26-21-9-3-15(14-19(21)22)2-8-20(25)16-4-6-17(7-5-16)23-12-10-18(24)11-13-23/h2-9,14,18,24H,10-13H2,1H3/b8-2+. The van der Waals surface area contributed by atoms with Crippen molar-refractivity contribution in [2.75, 3.05) is 25.1 Å². The number of halogens is 1. The highest BCUT2D eigenvalue weighted by atomic mass is 19.1. The van der Waals surface area contributed by atoms with Crippen LogP contribution in [0.15, 0.2) is 48.5 Å². The van der Waals surface area contributed by atoms with E-state index in [1.165, 1.54) is 25.3 Å². The predicted octanol–water partition coefficient (Wildman–Crippen LogP) is 3.69. The molecule has 0 saturated carbocycles. The number of aliphatic hydroxyl groups is 1. The van der Waals surface area contributed by atoms with Gasteiger partial charge in [0, 0.05) is 24.3 Å². The largest absolute Gasteiger partial charge is 0.494 e. The smallest absolute Gasteiger partial charge is 0.185 e. The lowest BCUT2D eigenvalue weighted by atomic mass is 10.1.